The van der Waals surface area contributed by atoms with Crippen LogP contribution in [0.1, 0.15) is 19.8 Å². The molecule has 1 rings (SSSR count). The molecule has 5 nitrogen and oxygen atoms in total. The molecule has 1 aliphatic rings. The summed E-state index contributed by atoms with van der Waals surface area (Å²) in [7, 11) is -3.04. The average Bonchev–Trinajstić information content (AvgIpc) is 2.29. The Balaban J connectivity index is 2.39. The SMILES string of the molecule is CCN1CCN(S(=O)(=O)CCCCN)CC1. The second-order valence-electron chi connectivity index (χ2n) is 4.15. The predicted octanol–water partition coefficient (Wildman–Crippen LogP) is -0.307. The summed E-state index contributed by atoms with van der Waals surface area (Å²) in [4.78, 5) is 2.27. The van der Waals surface area contributed by atoms with E-state index in [1.54, 1.807) is 4.31 Å². The van der Waals surface area contributed by atoms with Gasteiger partial charge in [-0.15, -0.1) is 0 Å². The summed E-state index contributed by atoms with van der Waals surface area (Å²) in [5, 5.41) is 0. The van der Waals surface area contributed by atoms with Crippen LogP contribution in [0.2, 0.25) is 0 Å². The molecule has 2 N–H and O–H groups in total. The summed E-state index contributed by atoms with van der Waals surface area (Å²) in [6, 6.07) is 0. The number of likely N-dealkylation sites (N-methyl/N-ethyl adjacent to an activating group) is 1. The average molecular weight is 249 g/mol. The molecule has 0 aliphatic carbocycles. The minimum absolute atomic E-state index is 0.246. The Hall–Kier alpha value is -0.170. The quantitative estimate of drug-likeness (QED) is 0.656. The summed E-state index contributed by atoms with van der Waals surface area (Å²) in [6.07, 6.45) is 1.46. The lowest BCUT2D eigenvalue weighted by Crippen LogP contribution is -2.49. The summed E-state index contributed by atoms with van der Waals surface area (Å²) in [5.41, 5.74) is 5.36. The van der Waals surface area contributed by atoms with Crippen molar-refractivity contribution in [1.29, 1.82) is 0 Å². The van der Waals surface area contributed by atoms with Crippen molar-refractivity contribution in [3.63, 3.8) is 0 Å². The molecular formula is C10H23N3O2S. The van der Waals surface area contributed by atoms with Crippen LogP contribution in [0.5, 0.6) is 0 Å². The Morgan fingerprint density at radius 1 is 1.12 bits per heavy atom. The van der Waals surface area contributed by atoms with Gasteiger partial charge in [-0.2, -0.15) is 4.31 Å². The molecule has 16 heavy (non-hydrogen) atoms. The van der Waals surface area contributed by atoms with Crippen molar-refractivity contribution in [2.75, 3.05) is 45.0 Å². The zero-order valence-electron chi connectivity index (χ0n) is 10.1. The lowest BCUT2D eigenvalue weighted by molar-refractivity contribution is 0.196. The molecule has 0 saturated carbocycles. The van der Waals surface area contributed by atoms with E-state index in [0.29, 0.717) is 26.1 Å². The van der Waals surface area contributed by atoms with Crippen molar-refractivity contribution in [2.45, 2.75) is 19.8 Å². The second kappa shape index (κ2) is 6.54. The molecule has 0 spiro atoms. The van der Waals surface area contributed by atoms with Crippen molar-refractivity contribution in [3.8, 4) is 0 Å². The Morgan fingerprint density at radius 3 is 2.25 bits per heavy atom. The first-order valence-electron chi connectivity index (χ1n) is 6.00. The monoisotopic (exact) mass is 249 g/mol. The molecule has 0 atom stereocenters. The van der Waals surface area contributed by atoms with E-state index in [0.717, 1.165) is 26.1 Å². The molecule has 1 fully saturated rings. The molecule has 0 aromatic heterocycles. The molecule has 0 amide bonds. The molecule has 1 saturated heterocycles. The van der Waals surface area contributed by atoms with Gasteiger partial charge in [0.05, 0.1) is 5.75 Å². The van der Waals surface area contributed by atoms with E-state index in [2.05, 4.69) is 11.8 Å². The van der Waals surface area contributed by atoms with Gasteiger partial charge in [-0.1, -0.05) is 6.92 Å². The van der Waals surface area contributed by atoms with Gasteiger partial charge < -0.3 is 10.6 Å². The van der Waals surface area contributed by atoms with Crippen LogP contribution in [0.25, 0.3) is 0 Å². The van der Waals surface area contributed by atoms with Crippen LogP contribution in [0, 0.1) is 0 Å². The van der Waals surface area contributed by atoms with E-state index in [9.17, 15) is 8.42 Å². The predicted molar refractivity (Wildman–Crippen MR) is 65.8 cm³/mol. The molecule has 0 bridgehead atoms. The van der Waals surface area contributed by atoms with Gasteiger partial charge in [0.15, 0.2) is 0 Å². The van der Waals surface area contributed by atoms with E-state index in [1.807, 2.05) is 0 Å². The first-order valence-corrected chi connectivity index (χ1v) is 7.61. The third-order valence-electron chi connectivity index (χ3n) is 3.03. The lowest BCUT2D eigenvalue weighted by atomic mass is 10.3. The number of nitrogens with two attached hydrogens (primary N) is 1. The largest absolute Gasteiger partial charge is 0.330 e. The minimum Gasteiger partial charge on any atom is -0.330 e. The van der Waals surface area contributed by atoms with Gasteiger partial charge in [0.1, 0.15) is 0 Å². The van der Waals surface area contributed by atoms with E-state index in [-0.39, 0.29) is 5.75 Å². The molecule has 0 aromatic carbocycles. The van der Waals surface area contributed by atoms with Crippen LogP contribution in [-0.2, 0) is 10.0 Å². The van der Waals surface area contributed by atoms with E-state index >= 15 is 0 Å². The minimum atomic E-state index is -3.04. The number of hydrogen-bond acceptors (Lipinski definition) is 4. The molecule has 1 aliphatic heterocycles. The lowest BCUT2D eigenvalue weighted by Gasteiger charge is -2.33. The first kappa shape index (κ1) is 13.9. The Kier molecular flexibility index (Phi) is 5.68. The smallest absolute Gasteiger partial charge is 0.214 e. The van der Waals surface area contributed by atoms with Crippen LogP contribution in [0.4, 0.5) is 0 Å². The standard InChI is InChI=1S/C10H23N3O2S/c1-2-12-6-8-13(9-7-12)16(14,15)10-4-3-5-11/h2-11H2,1H3. The topological polar surface area (TPSA) is 66.6 Å². The van der Waals surface area contributed by atoms with Gasteiger partial charge in [-0.05, 0) is 25.9 Å². The number of rotatable bonds is 6. The van der Waals surface area contributed by atoms with Crippen LogP contribution >= 0.6 is 0 Å². The third-order valence-corrected chi connectivity index (χ3v) is 4.98. The van der Waals surface area contributed by atoms with Crippen molar-refractivity contribution in [2.24, 2.45) is 5.73 Å². The van der Waals surface area contributed by atoms with Crippen LogP contribution in [0.15, 0.2) is 0 Å². The van der Waals surface area contributed by atoms with Gasteiger partial charge in [-0.3, -0.25) is 0 Å². The maximum absolute atomic E-state index is 11.9. The molecule has 96 valence electrons. The molecule has 1 heterocycles. The molecule has 0 aromatic rings. The summed E-state index contributed by atoms with van der Waals surface area (Å²) >= 11 is 0. The van der Waals surface area contributed by atoms with Gasteiger partial charge in [0.25, 0.3) is 0 Å². The van der Waals surface area contributed by atoms with Crippen LogP contribution in [-0.4, -0.2) is 62.6 Å². The molecule has 6 heteroatoms. The molecule has 0 radical (unpaired) electrons. The Morgan fingerprint density at radius 2 is 1.75 bits per heavy atom. The fraction of sp³-hybridized carbons (Fsp3) is 1.00. The van der Waals surface area contributed by atoms with E-state index < -0.39 is 10.0 Å². The zero-order valence-corrected chi connectivity index (χ0v) is 10.9. The summed E-state index contributed by atoms with van der Waals surface area (Å²) in [5.74, 6) is 0.246. The Bertz CT molecular complexity index is 284. The van der Waals surface area contributed by atoms with Gasteiger partial charge in [0.2, 0.25) is 10.0 Å². The maximum Gasteiger partial charge on any atom is 0.214 e. The highest BCUT2D eigenvalue weighted by Gasteiger charge is 2.25. The number of unbranched alkanes of at least 4 members (excludes halogenated alkanes) is 1. The maximum atomic E-state index is 11.9. The van der Waals surface area contributed by atoms with E-state index in [1.165, 1.54) is 0 Å². The van der Waals surface area contributed by atoms with Crippen LogP contribution < -0.4 is 5.73 Å². The van der Waals surface area contributed by atoms with Gasteiger partial charge >= 0.3 is 0 Å². The summed E-state index contributed by atoms with van der Waals surface area (Å²) < 4.78 is 25.5. The normalized spacial score (nSPS) is 20.1. The number of sulfonamides is 1. The summed E-state index contributed by atoms with van der Waals surface area (Å²) in [6.45, 7) is 6.66. The molecule has 0 unspecified atom stereocenters. The third kappa shape index (κ3) is 4.01. The Labute approximate surface area is 98.6 Å². The fourth-order valence-electron chi connectivity index (χ4n) is 1.88. The zero-order chi connectivity index (χ0) is 12.0. The van der Waals surface area contributed by atoms with Crippen molar-refractivity contribution in [3.05, 3.63) is 0 Å². The van der Waals surface area contributed by atoms with Gasteiger partial charge in [-0.25, -0.2) is 8.42 Å². The van der Waals surface area contributed by atoms with E-state index in [4.69, 9.17) is 5.73 Å². The highest BCUT2D eigenvalue weighted by atomic mass is 32.2. The number of nitrogens with zero attached hydrogens (tertiary/aromatic N) is 2. The highest BCUT2D eigenvalue weighted by molar-refractivity contribution is 7.89. The number of piperazine rings is 1. The van der Waals surface area contributed by atoms with Gasteiger partial charge in [0, 0.05) is 26.2 Å². The van der Waals surface area contributed by atoms with Crippen LogP contribution in [0.3, 0.4) is 0 Å². The van der Waals surface area contributed by atoms with Crippen molar-refractivity contribution < 1.29 is 8.42 Å². The first-order chi connectivity index (χ1) is 7.60. The van der Waals surface area contributed by atoms with Crippen molar-refractivity contribution >= 4 is 10.0 Å². The highest BCUT2D eigenvalue weighted by Crippen LogP contribution is 2.09. The fourth-order valence-corrected chi connectivity index (χ4v) is 3.43. The second-order valence-corrected chi connectivity index (χ2v) is 6.23. The van der Waals surface area contributed by atoms with Crippen molar-refractivity contribution in [1.82, 2.24) is 9.21 Å². The number of hydrogen-bond donors (Lipinski definition) is 1. The molecular weight excluding hydrogens is 226 g/mol.